The first-order valence-electron chi connectivity index (χ1n) is 8.69. The van der Waals surface area contributed by atoms with Gasteiger partial charge in [0.2, 0.25) is 0 Å². The molecule has 1 aliphatic heterocycles. The molecule has 0 bridgehead atoms. The summed E-state index contributed by atoms with van der Waals surface area (Å²) in [6, 6.07) is 3.98. The summed E-state index contributed by atoms with van der Waals surface area (Å²) in [7, 11) is 0. The average molecular weight is 323 g/mol. The van der Waals surface area contributed by atoms with Crippen molar-refractivity contribution < 1.29 is 18.7 Å². The molecule has 2 atom stereocenters. The second kappa shape index (κ2) is 9.08. The molecule has 0 spiro atoms. The van der Waals surface area contributed by atoms with Gasteiger partial charge in [-0.3, -0.25) is 4.79 Å². The largest absolute Gasteiger partial charge is 0.464 e. The van der Waals surface area contributed by atoms with Crippen molar-refractivity contribution in [1.82, 2.24) is 4.90 Å². The lowest BCUT2D eigenvalue weighted by atomic mass is 10.1. The molecule has 2 heterocycles. The predicted molar refractivity (Wildman–Crippen MR) is 88.3 cm³/mol. The molecule has 0 aliphatic carbocycles. The molecular formula is C18H29NO4. The van der Waals surface area contributed by atoms with E-state index in [1.807, 2.05) is 37.8 Å². The van der Waals surface area contributed by atoms with Crippen LogP contribution >= 0.6 is 0 Å². The third-order valence-electron chi connectivity index (χ3n) is 4.27. The smallest absolute Gasteiger partial charge is 0.252 e. The van der Waals surface area contributed by atoms with Crippen molar-refractivity contribution in [3.8, 4) is 0 Å². The number of carbonyl (C=O) groups is 1. The third-order valence-corrected chi connectivity index (χ3v) is 4.27. The molecule has 5 nitrogen and oxygen atoms in total. The van der Waals surface area contributed by atoms with E-state index in [0.29, 0.717) is 19.8 Å². The van der Waals surface area contributed by atoms with Gasteiger partial charge in [0.15, 0.2) is 0 Å². The highest BCUT2D eigenvalue weighted by Gasteiger charge is 2.31. The fourth-order valence-corrected chi connectivity index (χ4v) is 3.03. The summed E-state index contributed by atoms with van der Waals surface area (Å²) in [6.07, 6.45) is 3.80. The molecule has 0 unspecified atom stereocenters. The van der Waals surface area contributed by atoms with Crippen LogP contribution in [0, 0.1) is 6.92 Å². The normalized spacial score (nSPS) is 20.3. The molecule has 5 heteroatoms. The number of amides is 1. The van der Waals surface area contributed by atoms with E-state index in [-0.39, 0.29) is 11.9 Å². The van der Waals surface area contributed by atoms with Gasteiger partial charge in [0.25, 0.3) is 5.91 Å². The van der Waals surface area contributed by atoms with Gasteiger partial charge < -0.3 is 18.8 Å². The molecule has 0 N–H and O–H groups in total. The molecular weight excluding hydrogens is 294 g/mol. The van der Waals surface area contributed by atoms with Crippen LogP contribution in [0.1, 0.15) is 57.1 Å². The summed E-state index contributed by atoms with van der Waals surface area (Å²) in [5.74, 6) is 1.82. The topological polar surface area (TPSA) is 51.9 Å². The molecule has 0 radical (unpaired) electrons. The van der Waals surface area contributed by atoms with Crippen LogP contribution in [0.2, 0.25) is 0 Å². The minimum atomic E-state index is -0.452. The van der Waals surface area contributed by atoms with Crippen LogP contribution in [0.5, 0.6) is 0 Å². The van der Waals surface area contributed by atoms with E-state index in [9.17, 15) is 4.79 Å². The first kappa shape index (κ1) is 18.0. The Kier molecular flexibility index (Phi) is 7.12. The minimum Gasteiger partial charge on any atom is -0.464 e. The molecule has 1 amide bonds. The highest BCUT2D eigenvalue weighted by molar-refractivity contribution is 5.81. The highest BCUT2D eigenvalue weighted by atomic mass is 16.5. The summed E-state index contributed by atoms with van der Waals surface area (Å²) < 4.78 is 16.7. The molecule has 2 rings (SSSR count). The number of furan rings is 1. The Labute approximate surface area is 138 Å². The maximum Gasteiger partial charge on any atom is 0.252 e. The molecule has 130 valence electrons. The number of hydrogen-bond donors (Lipinski definition) is 0. The van der Waals surface area contributed by atoms with E-state index in [0.717, 1.165) is 43.7 Å². The van der Waals surface area contributed by atoms with Crippen molar-refractivity contribution in [2.45, 2.75) is 58.6 Å². The summed E-state index contributed by atoms with van der Waals surface area (Å²) in [6.45, 7) is 8.10. The zero-order valence-electron chi connectivity index (χ0n) is 14.5. The molecule has 23 heavy (non-hydrogen) atoms. The van der Waals surface area contributed by atoms with Crippen LogP contribution in [0.15, 0.2) is 16.5 Å². The van der Waals surface area contributed by atoms with Gasteiger partial charge in [-0.2, -0.15) is 0 Å². The van der Waals surface area contributed by atoms with Gasteiger partial charge in [-0.25, -0.2) is 0 Å². The lowest BCUT2D eigenvalue weighted by Gasteiger charge is -2.31. The van der Waals surface area contributed by atoms with Gasteiger partial charge in [0.1, 0.15) is 17.6 Å². The molecule has 1 aromatic heterocycles. The molecule has 1 fully saturated rings. The van der Waals surface area contributed by atoms with Crippen molar-refractivity contribution in [2.75, 3.05) is 26.4 Å². The molecule has 1 aromatic rings. The summed E-state index contributed by atoms with van der Waals surface area (Å²) >= 11 is 0. The Morgan fingerprint density at radius 1 is 1.35 bits per heavy atom. The van der Waals surface area contributed by atoms with Crippen molar-refractivity contribution in [3.05, 3.63) is 23.7 Å². The van der Waals surface area contributed by atoms with Gasteiger partial charge in [-0.15, -0.1) is 0 Å². The third kappa shape index (κ3) is 5.08. The number of rotatable bonds is 7. The number of carbonyl (C=O) groups excluding carboxylic acids is 1. The van der Waals surface area contributed by atoms with Crippen LogP contribution in [0.4, 0.5) is 0 Å². The zero-order valence-corrected chi connectivity index (χ0v) is 14.5. The van der Waals surface area contributed by atoms with E-state index < -0.39 is 6.10 Å². The van der Waals surface area contributed by atoms with E-state index in [1.165, 1.54) is 0 Å². The predicted octanol–water partition coefficient (Wildman–Crippen LogP) is 3.47. The van der Waals surface area contributed by atoms with Crippen molar-refractivity contribution in [1.29, 1.82) is 0 Å². The second-order valence-corrected chi connectivity index (χ2v) is 6.06. The van der Waals surface area contributed by atoms with Gasteiger partial charge in [0, 0.05) is 13.2 Å². The summed E-state index contributed by atoms with van der Waals surface area (Å²) in [4.78, 5) is 14.8. The van der Waals surface area contributed by atoms with E-state index in [4.69, 9.17) is 13.9 Å². The number of ether oxygens (including phenoxy) is 2. The van der Waals surface area contributed by atoms with Gasteiger partial charge in [-0.05, 0) is 45.7 Å². The van der Waals surface area contributed by atoms with Gasteiger partial charge >= 0.3 is 0 Å². The Bertz CT molecular complexity index is 485. The van der Waals surface area contributed by atoms with Crippen molar-refractivity contribution in [2.24, 2.45) is 0 Å². The van der Waals surface area contributed by atoms with E-state index >= 15 is 0 Å². The van der Waals surface area contributed by atoms with E-state index in [1.54, 1.807) is 0 Å². The maximum absolute atomic E-state index is 12.8. The number of aryl methyl sites for hydroxylation is 1. The number of nitrogens with zero attached hydrogens (tertiary/aromatic N) is 1. The van der Waals surface area contributed by atoms with E-state index in [2.05, 4.69) is 0 Å². The molecule has 0 saturated carbocycles. The van der Waals surface area contributed by atoms with Crippen LogP contribution in [0.3, 0.4) is 0 Å². The Balaban J connectivity index is 2.01. The fourth-order valence-electron chi connectivity index (χ4n) is 3.03. The maximum atomic E-state index is 12.8. The molecule has 1 saturated heterocycles. The number of likely N-dealkylation sites (tertiary alicyclic amines) is 1. The zero-order chi connectivity index (χ0) is 16.7. The fraction of sp³-hybridized carbons (Fsp3) is 0.722. The van der Waals surface area contributed by atoms with Gasteiger partial charge in [0.05, 0.1) is 19.3 Å². The average Bonchev–Trinajstić information content (AvgIpc) is 2.83. The van der Waals surface area contributed by atoms with Crippen molar-refractivity contribution in [3.63, 3.8) is 0 Å². The lowest BCUT2D eigenvalue weighted by molar-refractivity contribution is -0.146. The Morgan fingerprint density at radius 2 is 2.17 bits per heavy atom. The minimum absolute atomic E-state index is 0.0247. The highest BCUT2D eigenvalue weighted by Crippen LogP contribution is 2.31. The standard InChI is InChI=1S/C18H29NO4/c1-4-21-12-13-22-15(3)18(20)19-11-7-5-6-8-16(19)17-10-9-14(2)23-17/h9-10,15-16H,4-8,11-13H2,1-3H3/t15-,16+/m1/s1. The van der Waals surface area contributed by atoms with Gasteiger partial charge in [-0.1, -0.05) is 12.8 Å². The molecule has 1 aliphatic rings. The number of hydrogen-bond acceptors (Lipinski definition) is 4. The Hall–Kier alpha value is -1.33. The van der Waals surface area contributed by atoms with Crippen LogP contribution in [-0.4, -0.2) is 43.3 Å². The first-order valence-corrected chi connectivity index (χ1v) is 8.69. The first-order chi connectivity index (χ1) is 11.1. The monoisotopic (exact) mass is 323 g/mol. The second-order valence-electron chi connectivity index (χ2n) is 6.06. The van der Waals surface area contributed by atoms with Crippen LogP contribution in [0.25, 0.3) is 0 Å². The summed E-state index contributed by atoms with van der Waals surface area (Å²) in [5.41, 5.74) is 0. The van der Waals surface area contributed by atoms with Crippen molar-refractivity contribution >= 4 is 5.91 Å². The SMILES string of the molecule is CCOCCO[C@H](C)C(=O)N1CCCCC[C@H]1c1ccc(C)o1. The Morgan fingerprint density at radius 3 is 2.87 bits per heavy atom. The van der Waals surface area contributed by atoms with Crippen LogP contribution in [-0.2, 0) is 14.3 Å². The lowest BCUT2D eigenvalue weighted by Crippen LogP contribution is -2.41. The quantitative estimate of drug-likeness (QED) is 0.721. The van der Waals surface area contributed by atoms with Crippen LogP contribution < -0.4 is 0 Å². The molecule has 0 aromatic carbocycles. The summed E-state index contributed by atoms with van der Waals surface area (Å²) in [5, 5.41) is 0.